The van der Waals surface area contributed by atoms with Gasteiger partial charge in [-0.15, -0.1) is 0 Å². The summed E-state index contributed by atoms with van der Waals surface area (Å²) in [6.45, 7) is 2.66. The average Bonchev–Trinajstić information content (AvgIpc) is 2.50. The van der Waals surface area contributed by atoms with E-state index in [2.05, 4.69) is 9.99 Å². The number of hydrogen-bond donors (Lipinski definition) is 2. The van der Waals surface area contributed by atoms with E-state index in [1.54, 1.807) is 0 Å². The summed E-state index contributed by atoms with van der Waals surface area (Å²) in [4.78, 5) is 15.4. The van der Waals surface area contributed by atoms with Crippen molar-refractivity contribution in [1.29, 1.82) is 0 Å². The highest BCUT2D eigenvalue weighted by Gasteiger charge is 2.76. The molecule has 27 heavy (non-hydrogen) atoms. The Hall–Kier alpha value is -2.24. The first kappa shape index (κ1) is 22.8. The number of urea groups is 1. The standard InChI is InChI=1S/C14H13ClF7N3O2/c1-7(2)10(15)25-27-12(13(17,18)19,14(20,21)22)24-11(26)23-9-6-4-3-5-8(9)16/h3-7H,1-2H3,(H2,23,24,26)/b25-10+. The highest BCUT2D eigenvalue weighted by molar-refractivity contribution is 6.65. The van der Waals surface area contributed by atoms with Crippen LogP contribution in [0, 0.1) is 11.7 Å². The second-order valence-corrected chi connectivity index (χ2v) is 5.78. The molecule has 152 valence electrons. The molecule has 2 N–H and O–H groups in total. The molecular formula is C14H13ClF7N3O2. The molecule has 0 fully saturated rings. The van der Waals surface area contributed by atoms with E-state index < -0.39 is 46.7 Å². The number of carbonyl (C=O) groups is 1. The number of para-hydroxylation sites is 1. The molecule has 2 amide bonds. The Morgan fingerprint density at radius 3 is 2.07 bits per heavy atom. The van der Waals surface area contributed by atoms with Crippen molar-refractivity contribution in [2.24, 2.45) is 11.1 Å². The van der Waals surface area contributed by atoms with Gasteiger partial charge in [-0.25, -0.2) is 9.18 Å². The van der Waals surface area contributed by atoms with Gasteiger partial charge in [0.25, 0.3) is 0 Å². The molecule has 5 nitrogen and oxygen atoms in total. The van der Waals surface area contributed by atoms with Crippen LogP contribution < -0.4 is 10.6 Å². The molecule has 0 aromatic heterocycles. The van der Waals surface area contributed by atoms with Crippen LogP contribution in [-0.4, -0.2) is 29.3 Å². The number of amides is 2. The second kappa shape index (κ2) is 8.19. The molecule has 13 heteroatoms. The summed E-state index contributed by atoms with van der Waals surface area (Å²) in [5.41, 5.74) is -5.87. The van der Waals surface area contributed by atoms with Gasteiger partial charge in [-0.1, -0.05) is 42.7 Å². The van der Waals surface area contributed by atoms with Gasteiger partial charge in [0.2, 0.25) is 0 Å². The molecule has 0 bridgehead atoms. The third kappa shape index (κ3) is 5.37. The molecule has 0 heterocycles. The molecule has 0 spiro atoms. The first-order chi connectivity index (χ1) is 12.2. The minimum atomic E-state index is -6.19. The Kier molecular flexibility index (Phi) is 6.92. The zero-order valence-electron chi connectivity index (χ0n) is 13.7. The van der Waals surface area contributed by atoms with Crippen LogP contribution in [0.2, 0.25) is 0 Å². The minimum absolute atomic E-state index is 0.626. The summed E-state index contributed by atoms with van der Waals surface area (Å²) in [5.74, 6) is -1.84. The van der Waals surface area contributed by atoms with E-state index in [-0.39, 0.29) is 0 Å². The van der Waals surface area contributed by atoms with E-state index in [1.165, 1.54) is 31.3 Å². The van der Waals surface area contributed by atoms with Gasteiger partial charge in [0.1, 0.15) is 11.0 Å². The van der Waals surface area contributed by atoms with Gasteiger partial charge in [0.05, 0.1) is 5.69 Å². The summed E-state index contributed by atoms with van der Waals surface area (Å²) in [6, 6.07) is 2.11. The molecule has 0 atom stereocenters. The van der Waals surface area contributed by atoms with Crippen molar-refractivity contribution in [3.8, 4) is 0 Å². The third-order valence-electron chi connectivity index (χ3n) is 2.96. The van der Waals surface area contributed by atoms with E-state index in [0.717, 1.165) is 12.1 Å². The highest BCUT2D eigenvalue weighted by Crippen LogP contribution is 2.44. The minimum Gasteiger partial charge on any atom is -0.346 e. The van der Waals surface area contributed by atoms with Crippen molar-refractivity contribution >= 4 is 28.5 Å². The normalized spacial score (nSPS) is 13.5. The average molecular weight is 424 g/mol. The Morgan fingerprint density at radius 1 is 1.11 bits per heavy atom. The Balaban J connectivity index is 3.26. The van der Waals surface area contributed by atoms with Gasteiger partial charge in [-0.05, 0) is 12.1 Å². The summed E-state index contributed by atoms with van der Waals surface area (Å²) in [5, 5.41) is 4.09. The predicted molar refractivity (Wildman–Crippen MR) is 82.6 cm³/mol. The van der Waals surface area contributed by atoms with Crippen LogP contribution in [0.25, 0.3) is 0 Å². The van der Waals surface area contributed by atoms with Crippen molar-refractivity contribution in [2.75, 3.05) is 5.32 Å². The molecule has 0 aliphatic heterocycles. The van der Waals surface area contributed by atoms with Crippen LogP contribution in [0.3, 0.4) is 0 Å². The lowest BCUT2D eigenvalue weighted by Gasteiger charge is -2.34. The largest absolute Gasteiger partial charge is 0.461 e. The smallest absolute Gasteiger partial charge is 0.346 e. The van der Waals surface area contributed by atoms with Crippen LogP contribution in [0.15, 0.2) is 29.4 Å². The van der Waals surface area contributed by atoms with E-state index in [4.69, 9.17) is 11.6 Å². The van der Waals surface area contributed by atoms with Crippen LogP contribution in [0.5, 0.6) is 0 Å². The molecule has 1 aromatic rings. The van der Waals surface area contributed by atoms with Crippen molar-refractivity contribution < 1.29 is 40.4 Å². The number of hydrogen-bond acceptors (Lipinski definition) is 3. The van der Waals surface area contributed by atoms with Crippen molar-refractivity contribution in [1.82, 2.24) is 5.32 Å². The molecule has 0 aliphatic carbocycles. The number of halogens is 8. The molecule has 0 saturated heterocycles. The van der Waals surface area contributed by atoms with Crippen LogP contribution >= 0.6 is 11.6 Å². The van der Waals surface area contributed by atoms with Gasteiger partial charge in [0, 0.05) is 5.92 Å². The summed E-state index contributed by atoms with van der Waals surface area (Å²) < 4.78 is 92.8. The molecule has 0 unspecified atom stereocenters. The van der Waals surface area contributed by atoms with E-state index >= 15 is 0 Å². The van der Waals surface area contributed by atoms with Crippen LogP contribution in [0.1, 0.15) is 13.8 Å². The number of anilines is 1. The van der Waals surface area contributed by atoms with Crippen LogP contribution in [0.4, 0.5) is 41.2 Å². The highest BCUT2D eigenvalue weighted by atomic mass is 35.5. The first-order valence-corrected chi connectivity index (χ1v) is 7.47. The number of oxime groups is 1. The van der Waals surface area contributed by atoms with Gasteiger partial charge in [-0.2, -0.15) is 26.3 Å². The van der Waals surface area contributed by atoms with Gasteiger partial charge in [-0.3, -0.25) is 5.32 Å². The van der Waals surface area contributed by atoms with Crippen LogP contribution in [-0.2, 0) is 4.84 Å². The Morgan fingerprint density at radius 2 is 1.63 bits per heavy atom. The molecule has 1 rings (SSSR count). The van der Waals surface area contributed by atoms with Gasteiger partial charge >= 0.3 is 24.1 Å². The summed E-state index contributed by atoms with van der Waals surface area (Å²) in [6.07, 6.45) is -12.4. The van der Waals surface area contributed by atoms with E-state index in [0.29, 0.717) is 5.32 Å². The topological polar surface area (TPSA) is 62.7 Å². The monoisotopic (exact) mass is 423 g/mol. The predicted octanol–water partition coefficient (Wildman–Crippen LogP) is 4.99. The quantitative estimate of drug-likeness (QED) is 0.303. The van der Waals surface area contributed by atoms with Gasteiger partial charge < -0.3 is 10.2 Å². The molecule has 0 radical (unpaired) electrons. The lowest BCUT2D eigenvalue weighted by Crippen LogP contribution is -2.69. The first-order valence-electron chi connectivity index (χ1n) is 7.10. The van der Waals surface area contributed by atoms with Crippen molar-refractivity contribution in [2.45, 2.75) is 31.9 Å². The zero-order chi connectivity index (χ0) is 21.0. The molecule has 0 saturated carbocycles. The number of benzene rings is 1. The second-order valence-electron chi connectivity index (χ2n) is 5.40. The number of carbonyl (C=O) groups excluding carboxylic acids is 1. The number of nitrogens with zero attached hydrogens (tertiary/aromatic N) is 1. The fourth-order valence-corrected chi connectivity index (χ4v) is 1.56. The van der Waals surface area contributed by atoms with Gasteiger partial charge in [0.15, 0.2) is 0 Å². The fraction of sp³-hybridized carbons (Fsp3) is 0.429. The van der Waals surface area contributed by atoms with E-state index in [9.17, 15) is 35.5 Å². The zero-order valence-corrected chi connectivity index (χ0v) is 14.4. The number of alkyl halides is 6. The van der Waals surface area contributed by atoms with Crippen molar-refractivity contribution in [3.63, 3.8) is 0 Å². The number of nitrogens with one attached hydrogen (secondary N) is 2. The lowest BCUT2D eigenvalue weighted by atomic mass is 10.2. The summed E-state index contributed by atoms with van der Waals surface area (Å²) >= 11 is 5.42. The van der Waals surface area contributed by atoms with E-state index in [1.807, 2.05) is 0 Å². The maximum atomic E-state index is 13.4. The molecular weight excluding hydrogens is 411 g/mol. The molecule has 0 aliphatic rings. The van der Waals surface area contributed by atoms with Crippen molar-refractivity contribution in [3.05, 3.63) is 30.1 Å². The number of rotatable bonds is 5. The Bertz CT molecular complexity index is 691. The lowest BCUT2D eigenvalue weighted by molar-refractivity contribution is -0.388. The SMILES string of the molecule is CC(C)/C(Cl)=N\OC(NC(=O)Nc1ccccc1F)(C(F)(F)F)C(F)(F)F. The maximum absolute atomic E-state index is 13.4. The molecule has 1 aromatic carbocycles. The summed E-state index contributed by atoms with van der Waals surface area (Å²) in [7, 11) is 0. The fourth-order valence-electron chi connectivity index (χ4n) is 1.52. The maximum Gasteiger partial charge on any atom is 0.461 e. The Labute approximate surface area is 153 Å². The third-order valence-corrected chi connectivity index (χ3v) is 3.46.